The Morgan fingerprint density at radius 1 is 0.871 bits per heavy atom. The fraction of sp³-hybridized carbons (Fsp3) is 0.200. The van der Waals surface area contributed by atoms with Gasteiger partial charge in [-0.3, -0.25) is 9.59 Å². The Morgan fingerprint density at radius 2 is 1.58 bits per heavy atom. The van der Waals surface area contributed by atoms with Crippen LogP contribution in [0, 0.1) is 13.8 Å². The van der Waals surface area contributed by atoms with Crippen molar-refractivity contribution in [2.24, 2.45) is 0 Å². The van der Waals surface area contributed by atoms with E-state index in [-0.39, 0.29) is 11.8 Å². The lowest BCUT2D eigenvalue weighted by Crippen LogP contribution is -2.30. The second-order valence-corrected chi connectivity index (χ2v) is 7.25. The van der Waals surface area contributed by atoms with Crippen molar-refractivity contribution >= 4 is 23.2 Å². The minimum atomic E-state index is -0.698. The number of para-hydroxylation sites is 1. The number of nitrogens with one attached hydrogen (secondary N) is 2. The lowest BCUT2D eigenvalue weighted by atomic mass is 10.1. The van der Waals surface area contributed by atoms with Gasteiger partial charge in [-0.2, -0.15) is 0 Å². The highest BCUT2D eigenvalue weighted by atomic mass is 16.5. The van der Waals surface area contributed by atoms with Crippen molar-refractivity contribution in [3.8, 4) is 11.5 Å². The molecular weight excluding hydrogens is 392 g/mol. The number of amides is 2. The Labute approximate surface area is 182 Å². The number of carbonyl (C=O) groups is 2. The van der Waals surface area contributed by atoms with Crippen LogP contribution < -0.4 is 20.1 Å². The molecule has 3 rings (SSSR count). The maximum absolute atomic E-state index is 12.6. The average Bonchev–Trinajstić information content (AvgIpc) is 2.76. The van der Waals surface area contributed by atoms with Crippen LogP contribution in [0.5, 0.6) is 11.5 Å². The van der Waals surface area contributed by atoms with Gasteiger partial charge in [0.15, 0.2) is 6.10 Å². The number of rotatable bonds is 7. The summed E-state index contributed by atoms with van der Waals surface area (Å²) >= 11 is 0. The van der Waals surface area contributed by atoms with Crippen molar-refractivity contribution in [2.75, 3.05) is 17.7 Å². The van der Waals surface area contributed by atoms with Crippen molar-refractivity contribution in [1.29, 1.82) is 0 Å². The maximum atomic E-state index is 12.6. The molecule has 6 nitrogen and oxygen atoms in total. The van der Waals surface area contributed by atoms with Gasteiger partial charge in [-0.05, 0) is 74.4 Å². The molecule has 2 amide bonds. The quantitative estimate of drug-likeness (QED) is 0.568. The molecule has 0 radical (unpaired) electrons. The number of benzene rings is 3. The van der Waals surface area contributed by atoms with Gasteiger partial charge in [0.1, 0.15) is 11.5 Å². The number of anilines is 2. The van der Waals surface area contributed by atoms with Crippen LogP contribution in [0.15, 0.2) is 66.7 Å². The normalized spacial score (nSPS) is 11.4. The van der Waals surface area contributed by atoms with Gasteiger partial charge in [0, 0.05) is 11.3 Å². The zero-order chi connectivity index (χ0) is 22.4. The highest BCUT2D eigenvalue weighted by molar-refractivity contribution is 6.05. The summed E-state index contributed by atoms with van der Waals surface area (Å²) in [5.41, 5.74) is 3.81. The Morgan fingerprint density at radius 3 is 2.26 bits per heavy atom. The standard InChI is InChI=1S/C25H26N2O4/c1-16-9-14-23(30-4)22(15-16)27-25(29)19-10-12-20(13-11-19)31-18(3)24(28)26-21-8-6-5-7-17(21)2/h5-15,18H,1-4H3,(H,26,28)(H,27,29). The topological polar surface area (TPSA) is 76.7 Å². The molecule has 6 heteroatoms. The molecule has 1 atom stereocenters. The third kappa shape index (κ3) is 5.63. The molecule has 0 fully saturated rings. The van der Waals surface area contributed by atoms with E-state index >= 15 is 0 Å². The first kappa shape index (κ1) is 21.9. The predicted octanol–water partition coefficient (Wildman–Crippen LogP) is 4.97. The van der Waals surface area contributed by atoms with Crippen molar-refractivity contribution in [3.63, 3.8) is 0 Å². The minimum absolute atomic E-state index is 0.248. The van der Waals surface area contributed by atoms with E-state index in [2.05, 4.69) is 10.6 Å². The van der Waals surface area contributed by atoms with E-state index in [0.717, 1.165) is 16.8 Å². The highest BCUT2D eigenvalue weighted by Gasteiger charge is 2.16. The van der Waals surface area contributed by atoms with Gasteiger partial charge in [-0.15, -0.1) is 0 Å². The zero-order valence-corrected chi connectivity index (χ0v) is 18.1. The first-order valence-electron chi connectivity index (χ1n) is 9.96. The molecule has 31 heavy (non-hydrogen) atoms. The van der Waals surface area contributed by atoms with Crippen LogP contribution >= 0.6 is 0 Å². The van der Waals surface area contributed by atoms with Crippen molar-refractivity contribution < 1.29 is 19.1 Å². The van der Waals surface area contributed by atoms with E-state index in [0.29, 0.717) is 22.7 Å². The molecule has 0 aliphatic heterocycles. The smallest absolute Gasteiger partial charge is 0.265 e. The van der Waals surface area contributed by atoms with E-state index in [4.69, 9.17) is 9.47 Å². The van der Waals surface area contributed by atoms with Crippen LogP contribution in [-0.2, 0) is 4.79 Å². The van der Waals surface area contributed by atoms with Crippen LogP contribution in [-0.4, -0.2) is 25.0 Å². The Kier molecular flexibility index (Phi) is 6.92. The predicted molar refractivity (Wildman–Crippen MR) is 122 cm³/mol. The summed E-state index contributed by atoms with van der Waals surface area (Å²) < 4.78 is 11.0. The summed E-state index contributed by atoms with van der Waals surface area (Å²) in [6.07, 6.45) is -0.698. The van der Waals surface area contributed by atoms with Crippen LogP contribution in [0.1, 0.15) is 28.4 Å². The number of hydrogen-bond acceptors (Lipinski definition) is 4. The molecule has 0 aliphatic rings. The zero-order valence-electron chi connectivity index (χ0n) is 18.1. The van der Waals surface area contributed by atoms with Gasteiger partial charge < -0.3 is 20.1 Å². The summed E-state index contributed by atoms with van der Waals surface area (Å²) in [6, 6.07) is 19.8. The molecule has 0 aliphatic carbocycles. The molecule has 0 spiro atoms. The second-order valence-electron chi connectivity index (χ2n) is 7.25. The minimum Gasteiger partial charge on any atom is -0.495 e. The summed E-state index contributed by atoms with van der Waals surface area (Å²) in [6.45, 7) is 5.55. The van der Waals surface area contributed by atoms with E-state index in [1.165, 1.54) is 0 Å². The largest absolute Gasteiger partial charge is 0.495 e. The third-order valence-electron chi connectivity index (χ3n) is 4.80. The second kappa shape index (κ2) is 9.80. The maximum Gasteiger partial charge on any atom is 0.265 e. The van der Waals surface area contributed by atoms with Crippen LogP contribution in [0.2, 0.25) is 0 Å². The van der Waals surface area contributed by atoms with Crippen molar-refractivity contribution in [2.45, 2.75) is 26.9 Å². The number of aryl methyl sites for hydroxylation is 2. The van der Waals surface area contributed by atoms with Gasteiger partial charge in [0.2, 0.25) is 0 Å². The molecule has 0 bridgehead atoms. The van der Waals surface area contributed by atoms with Crippen LogP contribution in [0.4, 0.5) is 11.4 Å². The van der Waals surface area contributed by atoms with Gasteiger partial charge in [-0.25, -0.2) is 0 Å². The number of methoxy groups -OCH3 is 1. The van der Waals surface area contributed by atoms with E-state index < -0.39 is 6.10 Å². The fourth-order valence-electron chi connectivity index (χ4n) is 3.00. The first-order chi connectivity index (χ1) is 14.9. The monoisotopic (exact) mass is 418 g/mol. The van der Waals surface area contributed by atoms with Crippen molar-refractivity contribution in [3.05, 3.63) is 83.4 Å². The van der Waals surface area contributed by atoms with Crippen LogP contribution in [0.3, 0.4) is 0 Å². The van der Waals surface area contributed by atoms with Gasteiger partial charge in [-0.1, -0.05) is 24.3 Å². The molecule has 3 aromatic rings. The van der Waals surface area contributed by atoms with Crippen molar-refractivity contribution in [1.82, 2.24) is 0 Å². The number of ether oxygens (including phenoxy) is 2. The highest BCUT2D eigenvalue weighted by Crippen LogP contribution is 2.26. The fourth-order valence-corrected chi connectivity index (χ4v) is 3.00. The Balaban J connectivity index is 1.62. The first-order valence-corrected chi connectivity index (χ1v) is 9.96. The van der Waals surface area contributed by atoms with Gasteiger partial charge in [0.25, 0.3) is 11.8 Å². The van der Waals surface area contributed by atoms with E-state index in [9.17, 15) is 9.59 Å². The average molecular weight is 418 g/mol. The summed E-state index contributed by atoms with van der Waals surface area (Å²) in [5.74, 6) is 0.577. The Hall–Kier alpha value is -3.80. The molecule has 3 aromatic carbocycles. The molecule has 0 saturated heterocycles. The number of hydrogen-bond donors (Lipinski definition) is 2. The molecule has 1 unspecified atom stereocenters. The lowest BCUT2D eigenvalue weighted by Gasteiger charge is -2.16. The van der Waals surface area contributed by atoms with Crippen LogP contribution in [0.25, 0.3) is 0 Å². The van der Waals surface area contributed by atoms with Gasteiger partial charge in [0.05, 0.1) is 12.8 Å². The molecule has 0 aromatic heterocycles. The summed E-state index contributed by atoms with van der Waals surface area (Å²) in [4.78, 5) is 25.0. The molecule has 2 N–H and O–H groups in total. The lowest BCUT2D eigenvalue weighted by molar-refractivity contribution is -0.122. The molecular formula is C25H26N2O4. The SMILES string of the molecule is COc1ccc(C)cc1NC(=O)c1ccc(OC(C)C(=O)Nc2ccccc2C)cc1. The molecule has 160 valence electrons. The third-order valence-corrected chi connectivity index (χ3v) is 4.80. The molecule has 0 heterocycles. The number of carbonyl (C=O) groups excluding carboxylic acids is 2. The summed E-state index contributed by atoms with van der Waals surface area (Å²) in [5, 5.41) is 5.72. The molecule has 0 saturated carbocycles. The Bertz CT molecular complexity index is 1080. The van der Waals surface area contributed by atoms with Gasteiger partial charge >= 0.3 is 0 Å². The van der Waals surface area contributed by atoms with E-state index in [1.807, 2.05) is 56.3 Å². The summed E-state index contributed by atoms with van der Waals surface area (Å²) in [7, 11) is 1.56. The van der Waals surface area contributed by atoms with E-state index in [1.54, 1.807) is 38.3 Å².